The zero-order valence-corrected chi connectivity index (χ0v) is 13.3. The van der Waals surface area contributed by atoms with E-state index in [4.69, 9.17) is 9.47 Å². The molecule has 2 amide bonds. The number of hydrogen-bond donors (Lipinski definition) is 1. The van der Waals surface area contributed by atoms with Gasteiger partial charge in [-0.3, -0.25) is 9.59 Å². The highest BCUT2D eigenvalue weighted by Gasteiger charge is 2.39. The van der Waals surface area contributed by atoms with Crippen LogP contribution in [0.2, 0.25) is 0 Å². The molecule has 0 radical (unpaired) electrons. The molecule has 2 aliphatic rings. The Morgan fingerprint density at radius 2 is 2.09 bits per heavy atom. The molecule has 2 fully saturated rings. The molecule has 0 saturated carbocycles. The predicted molar refractivity (Wildman–Crippen MR) is 85.5 cm³/mol. The van der Waals surface area contributed by atoms with Crippen molar-refractivity contribution in [1.29, 1.82) is 0 Å². The first kappa shape index (κ1) is 16.0. The molecular weight excluding hydrogens is 296 g/mol. The fourth-order valence-electron chi connectivity index (χ4n) is 3.00. The van der Waals surface area contributed by atoms with Gasteiger partial charge in [0.25, 0.3) is 5.91 Å². The Hall–Kier alpha value is -1.92. The van der Waals surface area contributed by atoms with Gasteiger partial charge in [0.15, 0.2) is 0 Å². The first-order chi connectivity index (χ1) is 11.2. The summed E-state index contributed by atoms with van der Waals surface area (Å²) in [6, 6.07) is 6.56. The molecular formula is C17H22N2O4. The molecule has 6 heteroatoms. The summed E-state index contributed by atoms with van der Waals surface area (Å²) in [7, 11) is 0. The standard InChI is InChI=1S/C17H22N2O4/c1-2-22-13-7-5-12(6-8-13)19-16(20)10-15(17(19)21)18-11-14-4-3-9-23-14/h5-8,14-15,18H,2-4,9-11H2,1H3/t14-,15-/m0/s1. The van der Waals surface area contributed by atoms with Crippen LogP contribution in [-0.4, -0.2) is 43.7 Å². The fraction of sp³-hybridized carbons (Fsp3) is 0.529. The zero-order valence-electron chi connectivity index (χ0n) is 13.3. The number of nitrogens with one attached hydrogen (secondary N) is 1. The lowest BCUT2D eigenvalue weighted by Gasteiger charge is -2.17. The third kappa shape index (κ3) is 3.54. The zero-order chi connectivity index (χ0) is 16.2. The molecule has 0 aliphatic carbocycles. The number of ether oxygens (including phenoxy) is 2. The van der Waals surface area contributed by atoms with Crippen LogP contribution in [0.4, 0.5) is 5.69 Å². The number of benzene rings is 1. The minimum atomic E-state index is -0.460. The highest BCUT2D eigenvalue weighted by atomic mass is 16.5. The molecule has 0 bridgehead atoms. The van der Waals surface area contributed by atoms with Gasteiger partial charge in [0.2, 0.25) is 5.91 Å². The molecule has 2 atom stereocenters. The van der Waals surface area contributed by atoms with Gasteiger partial charge in [-0.2, -0.15) is 0 Å². The summed E-state index contributed by atoms with van der Waals surface area (Å²) in [6.45, 7) is 3.88. The van der Waals surface area contributed by atoms with E-state index in [1.54, 1.807) is 24.3 Å². The molecule has 2 aliphatic heterocycles. The van der Waals surface area contributed by atoms with Crippen molar-refractivity contribution in [2.75, 3.05) is 24.7 Å². The molecule has 0 unspecified atom stereocenters. The summed E-state index contributed by atoms with van der Waals surface area (Å²) in [6.07, 6.45) is 2.41. The van der Waals surface area contributed by atoms with Gasteiger partial charge in [0, 0.05) is 13.2 Å². The average Bonchev–Trinajstić information content (AvgIpc) is 3.15. The summed E-state index contributed by atoms with van der Waals surface area (Å²) >= 11 is 0. The summed E-state index contributed by atoms with van der Waals surface area (Å²) in [5.41, 5.74) is 0.588. The van der Waals surface area contributed by atoms with Crippen LogP contribution in [0.1, 0.15) is 26.2 Å². The van der Waals surface area contributed by atoms with E-state index in [2.05, 4.69) is 5.32 Å². The summed E-state index contributed by atoms with van der Waals surface area (Å²) in [5, 5.41) is 3.17. The van der Waals surface area contributed by atoms with E-state index in [9.17, 15) is 9.59 Å². The Kier molecular flexibility index (Phi) is 4.93. The largest absolute Gasteiger partial charge is 0.494 e. The highest BCUT2D eigenvalue weighted by molar-refractivity contribution is 6.22. The van der Waals surface area contributed by atoms with E-state index in [0.717, 1.165) is 25.2 Å². The fourth-order valence-corrected chi connectivity index (χ4v) is 3.00. The van der Waals surface area contributed by atoms with Crippen LogP contribution in [0.3, 0.4) is 0 Å². The molecule has 1 aromatic carbocycles. The van der Waals surface area contributed by atoms with Gasteiger partial charge >= 0.3 is 0 Å². The third-order valence-corrected chi connectivity index (χ3v) is 4.17. The minimum absolute atomic E-state index is 0.150. The van der Waals surface area contributed by atoms with Gasteiger partial charge in [-0.25, -0.2) is 4.90 Å². The first-order valence-corrected chi connectivity index (χ1v) is 8.13. The second kappa shape index (κ2) is 7.10. The number of imide groups is 1. The number of carbonyl (C=O) groups excluding carboxylic acids is 2. The van der Waals surface area contributed by atoms with Gasteiger partial charge in [0.1, 0.15) is 5.75 Å². The maximum absolute atomic E-state index is 12.5. The molecule has 2 heterocycles. The Bertz CT molecular complexity index is 566. The van der Waals surface area contributed by atoms with Gasteiger partial charge in [-0.1, -0.05) is 0 Å². The van der Waals surface area contributed by atoms with Crippen molar-refractivity contribution in [3.8, 4) is 5.75 Å². The van der Waals surface area contributed by atoms with Crippen molar-refractivity contribution in [2.45, 2.75) is 38.3 Å². The number of carbonyl (C=O) groups is 2. The SMILES string of the molecule is CCOc1ccc(N2C(=O)C[C@H](NC[C@@H]3CCCO3)C2=O)cc1. The van der Waals surface area contributed by atoms with Crippen molar-refractivity contribution in [2.24, 2.45) is 0 Å². The van der Waals surface area contributed by atoms with E-state index >= 15 is 0 Å². The van der Waals surface area contributed by atoms with Crippen molar-refractivity contribution >= 4 is 17.5 Å². The molecule has 1 aromatic rings. The smallest absolute Gasteiger partial charge is 0.251 e. The van der Waals surface area contributed by atoms with E-state index in [0.29, 0.717) is 18.8 Å². The molecule has 23 heavy (non-hydrogen) atoms. The average molecular weight is 318 g/mol. The van der Waals surface area contributed by atoms with Crippen LogP contribution in [0.25, 0.3) is 0 Å². The second-order valence-electron chi connectivity index (χ2n) is 5.79. The third-order valence-electron chi connectivity index (χ3n) is 4.17. The molecule has 124 valence electrons. The predicted octanol–water partition coefficient (Wildman–Crippen LogP) is 1.49. The number of rotatable bonds is 6. The lowest BCUT2D eigenvalue weighted by molar-refractivity contribution is -0.121. The molecule has 0 aromatic heterocycles. The van der Waals surface area contributed by atoms with Crippen molar-refractivity contribution in [3.63, 3.8) is 0 Å². The maximum atomic E-state index is 12.5. The van der Waals surface area contributed by atoms with Gasteiger partial charge in [-0.15, -0.1) is 0 Å². The topological polar surface area (TPSA) is 67.9 Å². The molecule has 0 spiro atoms. The number of amides is 2. The quantitative estimate of drug-likeness (QED) is 0.805. The first-order valence-electron chi connectivity index (χ1n) is 8.13. The van der Waals surface area contributed by atoms with Crippen LogP contribution in [0.5, 0.6) is 5.75 Å². The van der Waals surface area contributed by atoms with E-state index in [1.807, 2.05) is 6.92 Å². The van der Waals surface area contributed by atoms with Crippen molar-refractivity contribution in [1.82, 2.24) is 5.32 Å². The van der Waals surface area contributed by atoms with Crippen LogP contribution in [0, 0.1) is 0 Å². The Labute approximate surface area is 135 Å². The molecule has 1 N–H and O–H groups in total. The number of hydrogen-bond acceptors (Lipinski definition) is 5. The van der Waals surface area contributed by atoms with E-state index in [-0.39, 0.29) is 24.3 Å². The lowest BCUT2D eigenvalue weighted by atomic mass is 10.2. The van der Waals surface area contributed by atoms with Crippen LogP contribution in [0.15, 0.2) is 24.3 Å². The lowest BCUT2D eigenvalue weighted by Crippen LogP contribution is -2.41. The van der Waals surface area contributed by atoms with Crippen LogP contribution < -0.4 is 15.0 Å². The van der Waals surface area contributed by atoms with Crippen LogP contribution >= 0.6 is 0 Å². The van der Waals surface area contributed by atoms with Crippen molar-refractivity contribution < 1.29 is 19.1 Å². The van der Waals surface area contributed by atoms with E-state index < -0.39 is 6.04 Å². The second-order valence-corrected chi connectivity index (χ2v) is 5.79. The molecule has 3 rings (SSSR count). The van der Waals surface area contributed by atoms with E-state index in [1.165, 1.54) is 4.90 Å². The maximum Gasteiger partial charge on any atom is 0.251 e. The summed E-state index contributed by atoms with van der Waals surface area (Å²) in [5.74, 6) is 0.351. The Morgan fingerprint density at radius 1 is 1.30 bits per heavy atom. The van der Waals surface area contributed by atoms with Crippen molar-refractivity contribution in [3.05, 3.63) is 24.3 Å². The summed E-state index contributed by atoms with van der Waals surface area (Å²) in [4.78, 5) is 26.0. The normalized spacial score (nSPS) is 24.5. The monoisotopic (exact) mass is 318 g/mol. The highest BCUT2D eigenvalue weighted by Crippen LogP contribution is 2.25. The van der Waals surface area contributed by atoms with Gasteiger partial charge in [0.05, 0.1) is 30.9 Å². The molecule has 6 nitrogen and oxygen atoms in total. The Morgan fingerprint density at radius 3 is 2.74 bits per heavy atom. The number of anilines is 1. The van der Waals surface area contributed by atoms with Gasteiger partial charge in [-0.05, 0) is 44.0 Å². The molecule has 2 saturated heterocycles. The summed E-state index contributed by atoms with van der Waals surface area (Å²) < 4.78 is 10.9. The van der Waals surface area contributed by atoms with Crippen LogP contribution in [-0.2, 0) is 14.3 Å². The minimum Gasteiger partial charge on any atom is -0.494 e. The number of nitrogens with zero attached hydrogens (tertiary/aromatic N) is 1. The Balaban J connectivity index is 1.63. The van der Waals surface area contributed by atoms with Gasteiger partial charge < -0.3 is 14.8 Å².